The number of thioether (sulfide) groups is 1. The second kappa shape index (κ2) is 15.4. The molecule has 0 saturated heterocycles. The topological polar surface area (TPSA) is 123 Å². The summed E-state index contributed by atoms with van der Waals surface area (Å²) in [7, 11) is 0. The van der Waals surface area contributed by atoms with Crippen molar-refractivity contribution in [3.63, 3.8) is 0 Å². The number of ether oxygens (including phenoxy) is 2. The number of rotatable bonds is 15. The van der Waals surface area contributed by atoms with Gasteiger partial charge in [0.1, 0.15) is 13.0 Å². The average Bonchev–Trinajstić information content (AvgIpc) is 2.59. The third-order valence-corrected chi connectivity index (χ3v) is 4.64. The van der Waals surface area contributed by atoms with E-state index < -0.39 is 6.23 Å². The van der Waals surface area contributed by atoms with Crippen LogP contribution in [0, 0.1) is 11.8 Å². The second-order valence-electron chi connectivity index (χ2n) is 5.82. The van der Waals surface area contributed by atoms with Crippen LogP contribution in [0.2, 0.25) is 0 Å². The Bertz CT molecular complexity index is 372. The molecule has 148 valence electrons. The third-order valence-electron chi connectivity index (χ3n) is 3.45. The zero-order valence-corrected chi connectivity index (χ0v) is 16.3. The Morgan fingerprint density at radius 3 is 2.40 bits per heavy atom. The molecule has 0 aliphatic rings. The molecule has 0 aliphatic carbocycles. The van der Waals surface area contributed by atoms with E-state index in [1.807, 2.05) is 20.8 Å². The van der Waals surface area contributed by atoms with Crippen LogP contribution in [0.4, 0.5) is 0 Å². The first-order valence-electron chi connectivity index (χ1n) is 8.60. The van der Waals surface area contributed by atoms with Gasteiger partial charge in [0.25, 0.3) is 0 Å². The Hall–Kier alpha value is -0.870. The lowest BCUT2D eigenvalue weighted by molar-refractivity contribution is -0.125. The van der Waals surface area contributed by atoms with E-state index in [1.54, 1.807) is 11.8 Å². The number of aliphatic hydroxyl groups is 1. The number of aliphatic hydroxyl groups excluding tert-OH is 1. The molecule has 5 N–H and O–H groups in total. The van der Waals surface area contributed by atoms with E-state index in [2.05, 4.69) is 10.6 Å². The Balaban J connectivity index is 3.41. The summed E-state index contributed by atoms with van der Waals surface area (Å²) in [5.41, 5.74) is 5.16. The maximum Gasteiger partial charge on any atom is 0.223 e. The van der Waals surface area contributed by atoms with E-state index in [0.717, 1.165) is 12.2 Å². The number of nitrogens with one attached hydrogen (secondary N) is 2. The SMILES string of the molecule is CCC(C)C(=O)NCCOCOCCSCC(C)C(=O)NCC(N)O. The zero-order valence-electron chi connectivity index (χ0n) is 15.5. The number of hydrogen-bond donors (Lipinski definition) is 4. The minimum absolute atomic E-state index is 0.0260. The predicted octanol–water partition coefficient (Wildman–Crippen LogP) is -0.0980. The Morgan fingerprint density at radius 2 is 1.76 bits per heavy atom. The third kappa shape index (κ3) is 14.0. The molecule has 9 heteroatoms. The number of carbonyl (C=O) groups is 2. The van der Waals surface area contributed by atoms with Crippen molar-refractivity contribution < 1.29 is 24.2 Å². The van der Waals surface area contributed by atoms with E-state index in [4.69, 9.17) is 20.3 Å². The number of nitrogens with two attached hydrogens (primary N) is 1. The van der Waals surface area contributed by atoms with Crippen LogP contribution in [-0.2, 0) is 19.1 Å². The maximum atomic E-state index is 11.7. The molecule has 3 atom stereocenters. The Kier molecular flexibility index (Phi) is 14.9. The Morgan fingerprint density at radius 1 is 1.12 bits per heavy atom. The van der Waals surface area contributed by atoms with Gasteiger partial charge in [-0.1, -0.05) is 20.8 Å². The highest BCUT2D eigenvalue weighted by atomic mass is 32.2. The molecule has 8 nitrogen and oxygen atoms in total. The fraction of sp³-hybridized carbons (Fsp3) is 0.875. The summed E-state index contributed by atoms with van der Waals surface area (Å²) in [6.45, 7) is 7.36. The molecule has 0 aromatic heterocycles. The van der Waals surface area contributed by atoms with Crippen LogP contribution in [0.25, 0.3) is 0 Å². The minimum atomic E-state index is -1.03. The summed E-state index contributed by atoms with van der Waals surface area (Å²) < 4.78 is 10.6. The molecule has 3 unspecified atom stereocenters. The minimum Gasteiger partial charge on any atom is -0.377 e. The van der Waals surface area contributed by atoms with Gasteiger partial charge in [-0.25, -0.2) is 0 Å². The summed E-state index contributed by atoms with van der Waals surface area (Å²) in [6.07, 6.45) is -0.205. The molecule has 0 aromatic carbocycles. The van der Waals surface area contributed by atoms with Gasteiger partial charge in [-0.05, 0) is 6.42 Å². The highest BCUT2D eigenvalue weighted by molar-refractivity contribution is 7.99. The highest BCUT2D eigenvalue weighted by Gasteiger charge is 2.13. The fourth-order valence-corrected chi connectivity index (χ4v) is 2.52. The number of hydrogen-bond acceptors (Lipinski definition) is 7. The summed E-state index contributed by atoms with van der Waals surface area (Å²) in [5.74, 6) is 1.21. The fourth-order valence-electron chi connectivity index (χ4n) is 1.62. The molecule has 0 aliphatic heterocycles. The summed E-state index contributed by atoms with van der Waals surface area (Å²) in [5, 5.41) is 14.3. The van der Waals surface area contributed by atoms with Crippen molar-refractivity contribution in [2.75, 3.05) is 44.6 Å². The maximum absolute atomic E-state index is 11.7. The molecular weight excluding hydrogens is 346 g/mol. The molecule has 0 saturated carbocycles. The van der Waals surface area contributed by atoms with Gasteiger partial charge in [-0.15, -0.1) is 0 Å². The Labute approximate surface area is 154 Å². The lowest BCUT2D eigenvalue weighted by Crippen LogP contribution is -2.39. The van der Waals surface area contributed by atoms with Crippen LogP contribution < -0.4 is 16.4 Å². The summed E-state index contributed by atoms with van der Waals surface area (Å²) in [6, 6.07) is 0. The smallest absolute Gasteiger partial charge is 0.223 e. The van der Waals surface area contributed by atoms with Crippen LogP contribution >= 0.6 is 11.8 Å². The van der Waals surface area contributed by atoms with Crippen LogP contribution in [0.3, 0.4) is 0 Å². The van der Waals surface area contributed by atoms with Crippen molar-refractivity contribution in [3.05, 3.63) is 0 Å². The molecule has 0 radical (unpaired) electrons. The van der Waals surface area contributed by atoms with Crippen LogP contribution in [-0.4, -0.2) is 67.8 Å². The standard InChI is InChI=1S/C16H33N3O5S/c1-4-12(2)15(21)18-5-6-23-11-24-7-8-25-10-13(3)16(22)19-9-14(17)20/h12-14,20H,4-11,17H2,1-3H3,(H,18,21)(H,19,22). The van der Waals surface area contributed by atoms with Crippen LogP contribution in [0.5, 0.6) is 0 Å². The summed E-state index contributed by atoms with van der Waals surface area (Å²) in [4.78, 5) is 23.2. The van der Waals surface area contributed by atoms with Crippen LogP contribution in [0.1, 0.15) is 27.2 Å². The van der Waals surface area contributed by atoms with Gasteiger partial charge in [-0.2, -0.15) is 11.8 Å². The first-order chi connectivity index (χ1) is 11.9. The van der Waals surface area contributed by atoms with Gasteiger partial charge < -0.3 is 30.9 Å². The molecule has 0 spiro atoms. The van der Waals surface area contributed by atoms with Crippen molar-refractivity contribution in [2.45, 2.75) is 33.4 Å². The van der Waals surface area contributed by atoms with Crippen LogP contribution in [0.15, 0.2) is 0 Å². The molecule has 0 rings (SSSR count). The van der Waals surface area contributed by atoms with Crippen molar-refractivity contribution >= 4 is 23.6 Å². The van der Waals surface area contributed by atoms with Gasteiger partial charge in [0, 0.05) is 29.9 Å². The first-order valence-corrected chi connectivity index (χ1v) is 9.76. The zero-order chi connectivity index (χ0) is 19.1. The molecule has 2 amide bonds. The predicted molar refractivity (Wildman–Crippen MR) is 98.9 cm³/mol. The quantitative estimate of drug-likeness (QED) is 0.231. The molecule has 0 aromatic rings. The normalized spacial score (nSPS) is 14.6. The lowest BCUT2D eigenvalue weighted by Gasteiger charge is -2.13. The highest BCUT2D eigenvalue weighted by Crippen LogP contribution is 2.08. The molecular formula is C16H33N3O5S. The first kappa shape index (κ1) is 24.1. The van der Waals surface area contributed by atoms with Crippen molar-refractivity contribution in [3.8, 4) is 0 Å². The van der Waals surface area contributed by atoms with E-state index >= 15 is 0 Å². The number of carbonyl (C=O) groups excluding carboxylic acids is 2. The van der Waals surface area contributed by atoms with E-state index in [1.165, 1.54) is 0 Å². The monoisotopic (exact) mass is 379 g/mol. The summed E-state index contributed by atoms with van der Waals surface area (Å²) >= 11 is 1.61. The molecule has 0 bridgehead atoms. The van der Waals surface area contributed by atoms with Gasteiger partial charge in [-0.3, -0.25) is 9.59 Å². The van der Waals surface area contributed by atoms with Crippen molar-refractivity contribution in [1.29, 1.82) is 0 Å². The van der Waals surface area contributed by atoms with E-state index in [0.29, 0.717) is 25.5 Å². The largest absolute Gasteiger partial charge is 0.377 e. The number of amides is 2. The molecule has 0 heterocycles. The van der Waals surface area contributed by atoms with E-state index in [-0.39, 0.29) is 37.0 Å². The van der Waals surface area contributed by atoms with Gasteiger partial charge in [0.15, 0.2) is 0 Å². The average molecular weight is 380 g/mol. The van der Waals surface area contributed by atoms with Crippen molar-refractivity contribution in [1.82, 2.24) is 10.6 Å². The van der Waals surface area contributed by atoms with Gasteiger partial charge in [0.05, 0.1) is 19.8 Å². The molecule has 0 fully saturated rings. The van der Waals surface area contributed by atoms with Gasteiger partial charge >= 0.3 is 0 Å². The van der Waals surface area contributed by atoms with Crippen molar-refractivity contribution in [2.24, 2.45) is 17.6 Å². The van der Waals surface area contributed by atoms with E-state index in [9.17, 15) is 9.59 Å². The second-order valence-corrected chi connectivity index (χ2v) is 6.97. The van der Waals surface area contributed by atoms with Gasteiger partial charge in [0.2, 0.25) is 11.8 Å². The molecule has 25 heavy (non-hydrogen) atoms. The lowest BCUT2D eigenvalue weighted by atomic mass is 10.1.